The van der Waals surface area contributed by atoms with Crippen molar-refractivity contribution in [2.75, 3.05) is 19.6 Å². The van der Waals surface area contributed by atoms with Crippen LogP contribution in [0.25, 0.3) is 0 Å². The van der Waals surface area contributed by atoms with Crippen molar-refractivity contribution in [2.45, 2.75) is 51.1 Å². The third-order valence-electron chi connectivity index (χ3n) is 4.69. The van der Waals surface area contributed by atoms with Gasteiger partial charge in [0.15, 0.2) is 0 Å². The molecule has 3 unspecified atom stereocenters. The van der Waals surface area contributed by atoms with Crippen molar-refractivity contribution in [3.63, 3.8) is 0 Å². The lowest BCUT2D eigenvalue weighted by Gasteiger charge is -2.23. The van der Waals surface area contributed by atoms with Gasteiger partial charge < -0.3 is 5.32 Å². The molecule has 20 heavy (non-hydrogen) atoms. The maximum absolute atomic E-state index is 3.66. The zero-order valence-electron chi connectivity index (χ0n) is 13.1. The molecule has 1 heterocycles. The van der Waals surface area contributed by atoms with Crippen LogP contribution in [0.1, 0.15) is 45.1 Å². The Morgan fingerprint density at radius 1 is 1.20 bits per heavy atom. The molecule has 110 valence electrons. The average Bonchev–Trinajstić information content (AvgIpc) is 3.08. The van der Waals surface area contributed by atoms with Crippen LogP contribution >= 0.6 is 0 Å². The van der Waals surface area contributed by atoms with Gasteiger partial charge in [-0.2, -0.15) is 0 Å². The molecule has 0 spiro atoms. The minimum absolute atomic E-state index is 0.250. The van der Waals surface area contributed by atoms with E-state index in [2.05, 4.69) is 61.3 Å². The molecule has 0 radical (unpaired) electrons. The molecular formula is C18H28N2. The zero-order valence-corrected chi connectivity index (χ0v) is 13.1. The van der Waals surface area contributed by atoms with Gasteiger partial charge in [-0.05, 0) is 58.2 Å². The van der Waals surface area contributed by atoms with Crippen molar-refractivity contribution in [3.8, 4) is 0 Å². The Hall–Kier alpha value is -0.860. The minimum atomic E-state index is 0.250. The molecule has 3 rings (SSSR count). The molecule has 1 aliphatic heterocycles. The molecule has 2 nitrogen and oxygen atoms in total. The first-order valence-corrected chi connectivity index (χ1v) is 8.07. The lowest BCUT2D eigenvalue weighted by Crippen LogP contribution is -2.39. The summed E-state index contributed by atoms with van der Waals surface area (Å²) in [6.07, 6.45) is 2.73. The fourth-order valence-corrected chi connectivity index (χ4v) is 3.42. The largest absolute Gasteiger partial charge is 0.312 e. The van der Waals surface area contributed by atoms with Gasteiger partial charge in [0.1, 0.15) is 0 Å². The Balaban J connectivity index is 1.47. The first-order valence-electron chi connectivity index (χ1n) is 8.07. The molecule has 1 aromatic carbocycles. The van der Waals surface area contributed by atoms with Gasteiger partial charge in [-0.15, -0.1) is 0 Å². The summed E-state index contributed by atoms with van der Waals surface area (Å²) in [4.78, 5) is 2.73. The molecule has 1 saturated heterocycles. The van der Waals surface area contributed by atoms with Crippen LogP contribution in [0.4, 0.5) is 0 Å². The number of nitrogens with zero attached hydrogens (tertiary/aromatic N) is 1. The third-order valence-corrected chi connectivity index (χ3v) is 4.69. The van der Waals surface area contributed by atoms with Gasteiger partial charge >= 0.3 is 0 Å². The molecule has 1 aromatic rings. The molecule has 1 saturated carbocycles. The lowest BCUT2D eigenvalue weighted by molar-refractivity contribution is 0.299. The highest BCUT2D eigenvalue weighted by molar-refractivity contribution is 5.28. The van der Waals surface area contributed by atoms with E-state index >= 15 is 0 Å². The van der Waals surface area contributed by atoms with Crippen LogP contribution in [0.3, 0.4) is 0 Å². The fourth-order valence-electron chi connectivity index (χ4n) is 3.42. The molecule has 0 aromatic heterocycles. The number of hydrogen-bond acceptors (Lipinski definition) is 2. The van der Waals surface area contributed by atoms with Gasteiger partial charge in [0, 0.05) is 24.0 Å². The number of rotatable bonds is 4. The number of nitrogens with one attached hydrogen (secondary N) is 1. The maximum atomic E-state index is 3.66. The highest BCUT2D eigenvalue weighted by Crippen LogP contribution is 2.46. The maximum Gasteiger partial charge on any atom is 0.0171 e. The van der Waals surface area contributed by atoms with Gasteiger partial charge in [0.2, 0.25) is 0 Å². The van der Waals surface area contributed by atoms with E-state index in [0.717, 1.165) is 17.9 Å². The summed E-state index contributed by atoms with van der Waals surface area (Å²) in [5.74, 6) is 1.64. The van der Waals surface area contributed by atoms with E-state index in [1.165, 1.54) is 38.0 Å². The second-order valence-electron chi connectivity index (χ2n) is 7.60. The van der Waals surface area contributed by atoms with Crippen LogP contribution in [0.2, 0.25) is 0 Å². The van der Waals surface area contributed by atoms with Gasteiger partial charge in [0.05, 0.1) is 0 Å². The van der Waals surface area contributed by atoms with Crippen molar-refractivity contribution >= 4 is 0 Å². The van der Waals surface area contributed by atoms with E-state index in [4.69, 9.17) is 0 Å². The highest BCUT2D eigenvalue weighted by Gasteiger charge is 2.44. The van der Waals surface area contributed by atoms with Crippen molar-refractivity contribution in [2.24, 2.45) is 5.92 Å². The van der Waals surface area contributed by atoms with Gasteiger partial charge in [-0.3, -0.25) is 4.90 Å². The summed E-state index contributed by atoms with van der Waals surface area (Å²) >= 11 is 0. The molecule has 1 N–H and O–H groups in total. The number of likely N-dealkylation sites (tertiary alicyclic amines) is 1. The second kappa shape index (κ2) is 5.50. The predicted molar refractivity (Wildman–Crippen MR) is 85.0 cm³/mol. The zero-order chi connectivity index (χ0) is 14.2. The minimum Gasteiger partial charge on any atom is -0.312 e. The van der Waals surface area contributed by atoms with E-state index in [0.29, 0.717) is 0 Å². The van der Waals surface area contributed by atoms with E-state index in [1.807, 2.05) is 0 Å². The second-order valence-corrected chi connectivity index (χ2v) is 7.60. The molecule has 3 atom stereocenters. The molecule has 1 aliphatic carbocycles. The van der Waals surface area contributed by atoms with Crippen molar-refractivity contribution in [1.29, 1.82) is 0 Å². The molecule has 2 heteroatoms. The SMILES string of the molecule is CC(C)(C)NCC1CCN(C2CC2c2ccccc2)C1. The van der Waals surface area contributed by atoms with E-state index < -0.39 is 0 Å². The Bertz CT molecular complexity index is 434. The van der Waals surface area contributed by atoms with Gasteiger partial charge in [-0.25, -0.2) is 0 Å². The molecular weight excluding hydrogens is 244 g/mol. The number of hydrogen-bond donors (Lipinski definition) is 1. The average molecular weight is 272 g/mol. The van der Waals surface area contributed by atoms with Crippen molar-refractivity contribution < 1.29 is 0 Å². The van der Waals surface area contributed by atoms with E-state index in [9.17, 15) is 0 Å². The first-order chi connectivity index (χ1) is 9.53. The van der Waals surface area contributed by atoms with E-state index in [-0.39, 0.29) is 5.54 Å². The van der Waals surface area contributed by atoms with Crippen LogP contribution in [-0.2, 0) is 0 Å². The topological polar surface area (TPSA) is 15.3 Å². The summed E-state index contributed by atoms with van der Waals surface area (Å²) in [7, 11) is 0. The summed E-state index contributed by atoms with van der Waals surface area (Å²) in [6.45, 7) is 10.5. The Labute approximate surface area is 123 Å². The summed E-state index contributed by atoms with van der Waals surface area (Å²) in [5, 5.41) is 3.66. The standard InChI is InChI=1S/C18H28N2/c1-18(2,3)19-12-14-9-10-20(13-14)17-11-16(17)15-7-5-4-6-8-15/h4-8,14,16-17,19H,9-13H2,1-3H3. The summed E-state index contributed by atoms with van der Waals surface area (Å²) < 4.78 is 0. The Morgan fingerprint density at radius 3 is 2.65 bits per heavy atom. The summed E-state index contributed by atoms with van der Waals surface area (Å²) in [6, 6.07) is 11.9. The molecule has 2 fully saturated rings. The normalized spacial score (nSPS) is 30.6. The van der Waals surface area contributed by atoms with Gasteiger partial charge in [-0.1, -0.05) is 30.3 Å². The number of benzene rings is 1. The third kappa shape index (κ3) is 3.42. The smallest absolute Gasteiger partial charge is 0.0171 e. The lowest BCUT2D eigenvalue weighted by atomic mass is 10.1. The van der Waals surface area contributed by atoms with Gasteiger partial charge in [0.25, 0.3) is 0 Å². The predicted octanol–water partition coefficient (Wildman–Crippen LogP) is 3.25. The van der Waals surface area contributed by atoms with E-state index in [1.54, 1.807) is 0 Å². The first kappa shape index (κ1) is 14.1. The van der Waals surface area contributed by atoms with Crippen molar-refractivity contribution in [1.82, 2.24) is 10.2 Å². The monoisotopic (exact) mass is 272 g/mol. The van der Waals surface area contributed by atoms with Crippen LogP contribution in [-0.4, -0.2) is 36.1 Å². The van der Waals surface area contributed by atoms with Crippen molar-refractivity contribution in [3.05, 3.63) is 35.9 Å². The molecule has 0 amide bonds. The Morgan fingerprint density at radius 2 is 1.95 bits per heavy atom. The summed E-state index contributed by atoms with van der Waals surface area (Å²) in [5.41, 5.74) is 1.79. The van der Waals surface area contributed by atoms with Crippen LogP contribution in [0.5, 0.6) is 0 Å². The van der Waals surface area contributed by atoms with Crippen LogP contribution in [0.15, 0.2) is 30.3 Å². The quantitative estimate of drug-likeness (QED) is 0.905. The molecule has 0 bridgehead atoms. The van der Waals surface area contributed by atoms with Crippen LogP contribution in [0, 0.1) is 5.92 Å². The molecule has 2 aliphatic rings. The fraction of sp³-hybridized carbons (Fsp3) is 0.667. The Kier molecular flexibility index (Phi) is 3.87. The van der Waals surface area contributed by atoms with Crippen LogP contribution < -0.4 is 5.32 Å². The highest BCUT2D eigenvalue weighted by atomic mass is 15.2.